The molecule has 41 heavy (non-hydrogen) atoms. The van der Waals surface area contributed by atoms with Gasteiger partial charge in [-0.25, -0.2) is 8.42 Å². The Bertz CT molecular complexity index is 1480. The molecule has 0 saturated heterocycles. The number of hydrogen-bond donors (Lipinski definition) is 1. The van der Waals surface area contributed by atoms with Gasteiger partial charge in [0.15, 0.2) is 0 Å². The molecule has 1 atom stereocenters. The summed E-state index contributed by atoms with van der Waals surface area (Å²) in [5, 5.41) is 3.08. The van der Waals surface area contributed by atoms with Crippen molar-refractivity contribution in [3.8, 4) is 5.75 Å². The third-order valence-corrected chi connectivity index (χ3v) is 8.68. The van der Waals surface area contributed by atoms with Crippen LogP contribution in [-0.4, -0.2) is 51.4 Å². The Balaban J connectivity index is 2.05. The van der Waals surface area contributed by atoms with E-state index in [1.165, 1.54) is 36.3 Å². The van der Waals surface area contributed by atoms with Crippen molar-refractivity contribution in [2.24, 2.45) is 5.92 Å². The molecule has 3 aromatic carbocycles. The van der Waals surface area contributed by atoms with E-state index in [1.807, 2.05) is 52.0 Å². The fourth-order valence-electron chi connectivity index (χ4n) is 4.22. The van der Waals surface area contributed by atoms with E-state index in [2.05, 4.69) is 5.32 Å². The van der Waals surface area contributed by atoms with Crippen LogP contribution in [0.15, 0.2) is 71.6 Å². The summed E-state index contributed by atoms with van der Waals surface area (Å²) in [7, 11) is -2.74. The van der Waals surface area contributed by atoms with Gasteiger partial charge in [-0.05, 0) is 62.6 Å². The molecular weight excluding hydrogens is 562 g/mol. The lowest BCUT2D eigenvalue weighted by atomic mass is 10.1. The fourth-order valence-corrected chi connectivity index (χ4v) is 5.88. The maximum atomic E-state index is 14.0. The largest absolute Gasteiger partial charge is 0.495 e. The van der Waals surface area contributed by atoms with E-state index in [0.29, 0.717) is 12.3 Å². The minimum atomic E-state index is -4.20. The molecule has 3 aromatic rings. The number of carbonyl (C=O) groups excluding carboxylic acids is 2. The van der Waals surface area contributed by atoms with Gasteiger partial charge in [-0.3, -0.25) is 13.9 Å². The number of benzene rings is 3. The Morgan fingerprint density at radius 3 is 2.22 bits per heavy atom. The van der Waals surface area contributed by atoms with E-state index in [-0.39, 0.29) is 34.0 Å². The van der Waals surface area contributed by atoms with Crippen molar-refractivity contribution in [1.29, 1.82) is 0 Å². The first-order chi connectivity index (χ1) is 19.3. The Labute approximate surface area is 248 Å². The number of halogens is 1. The van der Waals surface area contributed by atoms with E-state index >= 15 is 0 Å². The van der Waals surface area contributed by atoms with Crippen LogP contribution in [-0.2, 0) is 26.2 Å². The molecule has 2 amide bonds. The summed E-state index contributed by atoms with van der Waals surface area (Å²) in [6, 6.07) is 17.7. The van der Waals surface area contributed by atoms with Crippen molar-refractivity contribution in [1.82, 2.24) is 10.2 Å². The number of rotatable bonds is 12. The molecule has 220 valence electrons. The molecule has 0 aliphatic rings. The summed E-state index contributed by atoms with van der Waals surface area (Å²) in [5.74, 6) is -0.269. The standard InChI is InChI=1S/C31H38ClN3O5S/c1-21(2)18-33-31(37)24(5)34(19-25-9-7-8-23(4)16-25)30(36)20-35(26-12-15-29(40-6)28(32)17-26)41(38,39)27-13-10-22(3)11-14-27/h7-17,21,24H,18-20H2,1-6H3,(H,33,37). The number of hydrogen-bond acceptors (Lipinski definition) is 5. The van der Waals surface area contributed by atoms with Crippen molar-refractivity contribution in [3.63, 3.8) is 0 Å². The van der Waals surface area contributed by atoms with Gasteiger partial charge in [0, 0.05) is 13.1 Å². The highest BCUT2D eigenvalue weighted by Crippen LogP contribution is 2.32. The molecule has 10 heteroatoms. The SMILES string of the molecule is COc1ccc(N(CC(=O)N(Cc2cccc(C)c2)C(C)C(=O)NCC(C)C)S(=O)(=O)c2ccc(C)cc2)cc1Cl. The molecule has 0 fully saturated rings. The topological polar surface area (TPSA) is 96.0 Å². The van der Waals surface area contributed by atoms with Crippen molar-refractivity contribution in [2.75, 3.05) is 24.5 Å². The van der Waals surface area contributed by atoms with Gasteiger partial charge in [0.05, 0.1) is 22.7 Å². The summed E-state index contributed by atoms with van der Waals surface area (Å²) in [6.45, 7) is 9.43. The van der Waals surface area contributed by atoms with Crippen molar-refractivity contribution >= 4 is 39.1 Å². The lowest BCUT2D eigenvalue weighted by molar-refractivity contribution is -0.139. The van der Waals surface area contributed by atoms with Gasteiger partial charge in [-0.15, -0.1) is 0 Å². The molecule has 0 bridgehead atoms. The Kier molecular flexibility index (Phi) is 10.8. The average Bonchev–Trinajstić information content (AvgIpc) is 2.93. The quantitative estimate of drug-likeness (QED) is 0.303. The third-order valence-electron chi connectivity index (χ3n) is 6.60. The van der Waals surface area contributed by atoms with E-state index in [1.54, 1.807) is 25.1 Å². The van der Waals surface area contributed by atoms with Crippen LogP contribution in [0.5, 0.6) is 5.75 Å². The summed E-state index contributed by atoms with van der Waals surface area (Å²) in [4.78, 5) is 28.6. The summed E-state index contributed by atoms with van der Waals surface area (Å²) < 4.78 is 34.2. The smallest absolute Gasteiger partial charge is 0.264 e. The van der Waals surface area contributed by atoms with Crippen molar-refractivity contribution < 1.29 is 22.7 Å². The predicted octanol–water partition coefficient (Wildman–Crippen LogP) is 5.35. The van der Waals surface area contributed by atoms with Gasteiger partial charge in [0.1, 0.15) is 18.3 Å². The average molecular weight is 600 g/mol. The van der Waals surface area contributed by atoms with Gasteiger partial charge in [0.25, 0.3) is 10.0 Å². The second-order valence-corrected chi connectivity index (χ2v) is 12.7. The van der Waals surface area contributed by atoms with E-state index in [0.717, 1.165) is 21.0 Å². The van der Waals surface area contributed by atoms with E-state index in [9.17, 15) is 18.0 Å². The second kappa shape index (κ2) is 13.9. The first-order valence-electron chi connectivity index (χ1n) is 13.4. The molecule has 0 saturated carbocycles. The molecule has 0 aliphatic carbocycles. The van der Waals surface area contributed by atoms with E-state index < -0.39 is 28.5 Å². The molecule has 0 heterocycles. The normalized spacial score (nSPS) is 12.1. The number of ether oxygens (including phenoxy) is 1. The van der Waals surface area contributed by atoms with Crippen molar-refractivity contribution in [2.45, 2.75) is 52.1 Å². The zero-order valence-electron chi connectivity index (χ0n) is 24.3. The minimum absolute atomic E-state index is 0.0239. The summed E-state index contributed by atoms with van der Waals surface area (Å²) in [5.41, 5.74) is 2.91. The van der Waals surface area contributed by atoms with Crippen LogP contribution in [0.3, 0.4) is 0 Å². The zero-order valence-corrected chi connectivity index (χ0v) is 25.9. The predicted molar refractivity (Wildman–Crippen MR) is 163 cm³/mol. The Hall–Kier alpha value is -3.56. The van der Waals surface area contributed by atoms with Crippen LogP contribution in [0.25, 0.3) is 0 Å². The zero-order chi connectivity index (χ0) is 30.3. The molecule has 3 rings (SSSR count). The Morgan fingerprint density at radius 1 is 0.951 bits per heavy atom. The van der Waals surface area contributed by atoms with Crippen LogP contribution in [0.4, 0.5) is 5.69 Å². The highest BCUT2D eigenvalue weighted by molar-refractivity contribution is 7.92. The van der Waals surface area contributed by atoms with Gasteiger partial charge in [0.2, 0.25) is 11.8 Å². The minimum Gasteiger partial charge on any atom is -0.495 e. The first kappa shape index (κ1) is 32.0. The number of nitrogens with one attached hydrogen (secondary N) is 1. The monoisotopic (exact) mass is 599 g/mol. The number of nitrogens with zero attached hydrogens (tertiary/aromatic N) is 2. The number of amides is 2. The lowest BCUT2D eigenvalue weighted by Crippen LogP contribution is -2.51. The highest BCUT2D eigenvalue weighted by atomic mass is 35.5. The first-order valence-corrected chi connectivity index (χ1v) is 15.2. The molecule has 0 radical (unpaired) electrons. The lowest BCUT2D eigenvalue weighted by Gasteiger charge is -2.32. The van der Waals surface area contributed by atoms with Gasteiger partial charge >= 0.3 is 0 Å². The van der Waals surface area contributed by atoms with Gasteiger partial charge in [-0.2, -0.15) is 0 Å². The molecule has 1 unspecified atom stereocenters. The maximum Gasteiger partial charge on any atom is 0.264 e. The van der Waals surface area contributed by atoms with Crippen molar-refractivity contribution in [3.05, 3.63) is 88.4 Å². The van der Waals surface area contributed by atoms with Crippen LogP contribution in [0.2, 0.25) is 5.02 Å². The van der Waals surface area contributed by atoms with E-state index in [4.69, 9.17) is 16.3 Å². The molecule has 0 spiro atoms. The maximum absolute atomic E-state index is 14.0. The Morgan fingerprint density at radius 2 is 1.63 bits per heavy atom. The fraction of sp³-hybridized carbons (Fsp3) is 0.355. The van der Waals surface area contributed by atoms with Crippen LogP contribution in [0.1, 0.15) is 37.5 Å². The molecule has 0 aliphatic heterocycles. The van der Waals surface area contributed by atoms with Gasteiger partial charge in [-0.1, -0.05) is 73.0 Å². The number of carbonyl (C=O) groups is 2. The van der Waals surface area contributed by atoms with Crippen LogP contribution >= 0.6 is 11.6 Å². The molecular formula is C31H38ClN3O5S. The number of methoxy groups -OCH3 is 1. The molecule has 0 aromatic heterocycles. The number of anilines is 1. The second-order valence-electron chi connectivity index (χ2n) is 10.5. The third kappa shape index (κ3) is 8.24. The molecule has 1 N–H and O–H groups in total. The highest BCUT2D eigenvalue weighted by Gasteiger charge is 2.33. The summed E-state index contributed by atoms with van der Waals surface area (Å²) >= 11 is 6.37. The van der Waals surface area contributed by atoms with Crippen LogP contribution < -0.4 is 14.4 Å². The number of aryl methyl sites for hydroxylation is 2. The molecule has 8 nitrogen and oxygen atoms in total. The summed E-state index contributed by atoms with van der Waals surface area (Å²) in [6.07, 6.45) is 0. The van der Waals surface area contributed by atoms with Crippen LogP contribution in [0, 0.1) is 19.8 Å². The number of sulfonamides is 1. The van der Waals surface area contributed by atoms with Gasteiger partial charge < -0.3 is 15.0 Å².